The Morgan fingerprint density at radius 2 is 1.53 bits per heavy atom. The Morgan fingerprint density at radius 1 is 0.930 bits per heavy atom. The maximum absolute atomic E-state index is 13.2. The van der Waals surface area contributed by atoms with Gasteiger partial charge in [-0.15, -0.1) is 0 Å². The van der Waals surface area contributed by atoms with Crippen LogP contribution in [0.25, 0.3) is 0 Å². The van der Waals surface area contributed by atoms with Crippen LogP contribution in [0.1, 0.15) is 13.8 Å². The minimum absolute atomic E-state index is 0.225. The van der Waals surface area contributed by atoms with Crippen molar-refractivity contribution in [2.75, 3.05) is 19.8 Å². The van der Waals surface area contributed by atoms with E-state index in [1.807, 2.05) is 0 Å². The molecule has 242 valence electrons. The summed E-state index contributed by atoms with van der Waals surface area (Å²) in [5, 5.41) is 84.5. The fourth-order valence-corrected chi connectivity index (χ4v) is 8.38. The SMILES string of the molecule is C=C(C)[C@@H]1[C@H]2OC(=O)[C@@H]1[C@]1(O)[C@H]3O[C@H]3[C@]3(CO3)[C@]1(C)[C@@H]2O[C@@H]1O[C@H](CO[C@H]2O[C@H](CO)[C@@H](O)[C@H](O)[C@H]2O)[C@@H](O)[C@H](O)[C@H]1O. The van der Waals surface area contributed by atoms with Gasteiger partial charge in [-0.3, -0.25) is 4.79 Å². The summed E-state index contributed by atoms with van der Waals surface area (Å²) < 4.78 is 40.6. The zero-order chi connectivity index (χ0) is 31.0. The number of aliphatic hydroxyl groups is 8. The van der Waals surface area contributed by atoms with E-state index in [1.165, 1.54) is 0 Å². The summed E-state index contributed by atoms with van der Waals surface area (Å²) in [6, 6.07) is 0. The average molecular weight is 619 g/mol. The summed E-state index contributed by atoms with van der Waals surface area (Å²) in [6.07, 6.45) is -19.5. The zero-order valence-electron chi connectivity index (χ0n) is 23.4. The van der Waals surface area contributed by atoms with Gasteiger partial charge in [0.05, 0.1) is 31.2 Å². The number of aliphatic hydroxyl groups excluding tert-OH is 7. The Balaban J connectivity index is 1.15. The normalized spacial score (nSPS) is 59.9. The predicted octanol–water partition coefficient (Wildman–Crippen LogP) is -4.97. The van der Waals surface area contributed by atoms with Crippen LogP contribution in [0.3, 0.4) is 0 Å². The third-order valence-electron chi connectivity index (χ3n) is 10.9. The van der Waals surface area contributed by atoms with Crippen LogP contribution in [0.4, 0.5) is 0 Å². The molecule has 8 N–H and O–H groups in total. The van der Waals surface area contributed by atoms with Crippen molar-refractivity contribution >= 4 is 5.97 Å². The quantitative estimate of drug-likeness (QED) is 0.0756. The van der Waals surface area contributed by atoms with Gasteiger partial charge in [0.1, 0.15) is 84.4 Å². The third-order valence-corrected chi connectivity index (χ3v) is 10.9. The molecular weight excluding hydrogens is 580 g/mol. The van der Waals surface area contributed by atoms with Crippen LogP contribution in [-0.4, -0.2) is 164 Å². The molecule has 7 fully saturated rings. The fraction of sp³-hybridized carbons (Fsp3) is 0.889. The molecular formula is C27H38O16. The fourth-order valence-electron chi connectivity index (χ4n) is 8.38. The van der Waals surface area contributed by atoms with Gasteiger partial charge in [-0.1, -0.05) is 19.1 Å². The van der Waals surface area contributed by atoms with Crippen LogP contribution in [0, 0.1) is 17.3 Å². The molecule has 7 aliphatic rings. The Kier molecular flexibility index (Phi) is 6.93. The van der Waals surface area contributed by atoms with E-state index in [1.54, 1.807) is 13.8 Å². The highest BCUT2D eigenvalue weighted by Gasteiger charge is 2.95. The molecule has 0 aromatic rings. The van der Waals surface area contributed by atoms with Crippen LogP contribution in [0.15, 0.2) is 12.2 Å². The molecule has 2 aliphatic carbocycles. The largest absolute Gasteiger partial charge is 0.459 e. The van der Waals surface area contributed by atoms with Crippen molar-refractivity contribution in [1.82, 2.24) is 0 Å². The lowest BCUT2D eigenvalue weighted by molar-refractivity contribution is -0.355. The van der Waals surface area contributed by atoms with E-state index in [0.29, 0.717) is 5.57 Å². The number of hydrogen-bond acceptors (Lipinski definition) is 16. The molecule has 0 aromatic heterocycles. The Labute approximate surface area is 245 Å². The van der Waals surface area contributed by atoms with E-state index in [0.717, 1.165) is 0 Å². The first kappa shape index (κ1) is 30.3. The molecule has 0 aromatic carbocycles. The first-order chi connectivity index (χ1) is 20.2. The van der Waals surface area contributed by atoms with Crippen molar-refractivity contribution in [2.24, 2.45) is 17.3 Å². The van der Waals surface area contributed by atoms with E-state index in [-0.39, 0.29) is 6.61 Å². The number of epoxide rings is 2. The number of carbonyl (C=O) groups excluding carboxylic acids is 1. The van der Waals surface area contributed by atoms with Gasteiger partial charge < -0.3 is 74.0 Å². The minimum atomic E-state index is -1.81. The van der Waals surface area contributed by atoms with E-state index in [4.69, 9.17) is 33.2 Å². The molecule has 1 spiro atoms. The van der Waals surface area contributed by atoms with Crippen molar-refractivity contribution in [3.8, 4) is 0 Å². The van der Waals surface area contributed by atoms with Crippen LogP contribution in [0.5, 0.6) is 0 Å². The minimum Gasteiger partial charge on any atom is -0.459 e. The molecule has 7 rings (SSSR count). The molecule has 19 atom stereocenters. The number of carbonyl (C=O) groups is 1. The van der Waals surface area contributed by atoms with Crippen molar-refractivity contribution in [3.63, 3.8) is 0 Å². The lowest BCUT2D eigenvalue weighted by Crippen LogP contribution is -2.72. The number of hydrogen-bond donors (Lipinski definition) is 8. The Bertz CT molecular complexity index is 1160. The van der Waals surface area contributed by atoms with Crippen molar-refractivity contribution in [3.05, 3.63) is 12.2 Å². The first-order valence-electron chi connectivity index (χ1n) is 14.4. The standard InChI is InChI=1S/C27H38O16/c1-7(2)10-11-22(35)41-18(10)19(25(3)26(6-38-26)20-21(42-20)27(11,25)36)43-24-17(34)15(32)13(30)9(40-24)5-37-23-16(33)14(31)12(29)8(4-28)39-23/h8-21,23-24,28-34,36H,1,4-6H2,2-3H3/t8-,9-,10+,11-,12-,13-,14+,15+,16-,17-,18-,19-,20-,21+,23+,24+,25+,26-,27+/m1/s1. The molecule has 16 nitrogen and oxygen atoms in total. The highest BCUT2D eigenvalue weighted by atomic mass is 16.7. The van der Waals surface area contributed by atoms with Crippen LogP contribution < -0.4 is 0 Å². The van der Waals surface area contributed by atoms with E-state index < -0.39 is 133 Å². The van der Waals surface area contributed by atoms with Gasteiger partial charge in [0.15, 0.2) is 12.6 Å². The van der Waals surface area contributed by atoms with Gasteiger partial charge >= 0.3 is 5.97 Å². The van der Waals surface area contributed by atoms with Gasteiger partial charge in [0.2, 0.25) is 0 Å². The first-order valence-corrected chi connectivity index (χ1v) is 14.4. The molecule has 5 saturated heterocycles. The maximum Gasteiger partial charge on any atom is 0.313 e. The number of esters is 1. The summed E-state index contributed by atoms with van der Waals surface area (Å²) in [7, 11) is 0. The van der Waals surface area contributed by atoms with E-state index >= 15 is 0 Å². The molecule has 2 saturated carbocycles. The lowest BCUT2D eigenvalue weighted by Gasteiger charge is -2.56. The van der Waals surface area contributed by atoms with Crippen LogP contribution in [0.2, 0.25) is 0 Å². The molecule has 43 heavy (non-hydrogen) atoms. The topological polar surface area (TPSA) is 250 Å². The Morgan fingerprint density at radius 3 is 2.14 bits per heavy atom. The van der Waals surface area contributed by atoms with Gasteiger partial charge in [-0.2, -0.15) is 0 Å². The second-order valence-electron chi connectivity index (χ2n) is 13.0. The maximum atomic E-state index is 13.2. The molecule has 0 unspecified atom stereocenters. The Hall–Kier alpha value is -1.35. The van der Waals surface area contributed by atoms with Crippen LogP contribution >= 0.6 is 0 Å². The average Bonchev–Trinajstić information content (AvgIpc) is 3.88. The van der Waals surface area contributed by atoms with Crippen LogP contribution in [-0.2, 0) is 38.0 Å². The molecule has 2 bridgehead atoms. The second-order valence-corrected chi connectivity index (χ2v) is 13.0. The monoisotopic (exact) mass is 618 g/mol. The summed E-state index contributed by atoms with van der Waals surface area (Å²) in [5.74, 6) is -2.31. The number of fused-ring (bicyclic) bond motifs is 8. The molecule has 0 radical (unpaired) electrons. The summed E-state index contributed by atoms with van der Waals surface area (Å²) >= 11 is 0. The molecule has 16 heteroatoms. The lowest BCUT2D eigenvalue weighted by atomic mass is 9.52. The second kappa shape index (κ2) is 9.83. The van der Waals surface area contributed by atoms with Crippen molar-refractivity contribution < 1.29 is 78.8 Å². The highest BCUT2D eigenvalue weighted by molar-refractivity contribution is 5.80. The zero-order valence-corrected chi connectivity index (χ0v) is 23.4. The summed E-state index contributed by atoms with van der Waals surface area (Å²) in [5.41, 5.74) is -3.50. The van der Waals surface area contributed by atoms with Crippen molar-refractivity contribution in [2.45, 2.75) is 111 Å². The van der Waals surface area contributed by atoms with Gasteiger partial charge in [-0.25, -0.2) is 0 Å². The van der Waals surface area contributed by atoms with Crippen molar-refractivity contribution in [1.29, 1.82) is 0 Å². The van der Waals surface area contributed by atoms with E-state index in [2.05, 4.69) is 6.58 Å². The third kappa shape index (κ3) is 3.79. The van der Waals surface area contributed by atoms with E-state index in [9.17, 15) is 45.6 Å². The molecule has 5 heterocycles. The smallest absolute Gasteiger partial charge is 0.313 e. The molecule has 5 aliphatic heterocycles. The number of ether oxygens (including phenoxy) is 7. The van der Waals surface area contributed by atoms with Gasteiger partial charge in [0.25, 0.3) is 0 Å². The summed E-state index contributed by atoms with van der Waals surface area (Å²) in [4.78, 5) is 13.2. The molecule has 0 amide bonds. The summed E-state index contributed by atoms with van der Waals surface area (Å²) in [6.45, 7) is 6.43. The predicted molar refractivity (Wildman–Crippen MR) is 133 cm³/mol. The van der Waals surface area contributed by atoms with Gasteiger partial charge in [0, 0.05) is 5.92 Å². The highest BCUT2D eigenvalue weighted by Crippen LogP contribution is 2.76. The van der Waals surface area contributed by atoms with Gasteiger partial charge in [-0.05, 0) is 6.92 Å². The number of rotatable bonds is 7.